The Hall–Kier alpha value is -2.80. The third-order valence-corrected chi connectivity index (χ3v) is 6.39. The highest BCUT2D eigenvalue weighted by atomic mass is 16.6. The van der Waals surface area contributed by atoms with Crippen molar-refractivity contribution in [2.45, 2.75) is 63.9 Å². The molecule has 2 aromatic rings. The van der Waals surface area contributed by atoms with Crippen molar-refractivity contribution in [3.63, 3.8) is 0 Å². The number of rotatable bonds is 3. The standard InChI is InChI=1S/C25H31N3O4/c1-25(2,3)32-24(29)28-15-19-10-11-20(28)14-27(19)13-17-6-8-18(9-7-17)22-16-30-21-5-4-12-26-23(21)31-22/h4-9,12,19-20,22H,10-11,13-16H2,1-3H3/t19-,20-,22+/m0/s1. The number of fused-ring (bicyclic) bond motifs is 4. The van der Waals surface area contributed by atoms with Gasteiger partial charge in [0, 0.05) is 37.9 Å². The lowest BCUT2D eigenvalue weighted by Gasteiger charge is -2.51. The van der Waals surface area contributed by atoms with Gasteiger partial charge in [-0.15, -0.1) is 0 Å². The highest BCUT2D eigenvalue weighted by Crippen LogP contribution is 2.35. The van der Waals surface area contributed by atoms with Crippen LogP contribution < -0.4 is 9.47 Å². The van der Waals surface area contributed by atoms with Crippen LogP contribution >= 0.6 is 0 Å². The molecule has 3 atom stereocenters. The Bertz CT molecular complexity index is 972. The van der Waals surface area contributed by atoms with Gasteiger partial charge in [-0.25, -0.2) is 9.78 Å². The third kappa shape index (κ3) is 4.39. The highest BCUT2D eigenvalue weighted by molar-refractivity contribution is 5.69. The molecule has 5 heterocycles. The number of nitrogens with zero attached hydrogens (tertiary/aromatic N) is 3. The molecule has 4 aliphatic heterocycles. The van der Waals surface area contributed by atoms with E-state index >= 15 is 0 Å². The molecule has 0 aliphatic carbocycles. The van der Waals surface area contributed by atoms with E-state index in [-0.39, 0.29) is 18.2 Å². The van der Waals surface area contributed by atoms with Gasteiger partial charge in [0.05, 0.1) is 0 Å². The predicted molar refractivity (Wildman–Crippen MR) is 120 cm³/mol. The number of piperazine rings is 1. The van der Waals surface area contributed by atoms with E-state index < -0.39 is 5.60 Å². The maximum atomic E-state index is 12.6. The number of pyridine rings is 1. The van der Waals surface area contributed by atoms with Crippen molar-refractivity contribution in [2.24, 2.45) is 0 Å². The minimum Gasteiger partial charge on any atom is -0.484 e. The summed E-state index contributed by atoms with van der Waals surface area (Å²) in [7, 11) is 0. The zero-order chi connectivity index (χ0) is 22.3. The van der Waals surface area contributed by atoms with Gasteiger partial charge >= 0.3 is 6.09 Å². The predicted octanol–water partition coefficient (Wildman–Crippen LogP) is 4.18. The molecule has 0 spiro atoms. The fourth-order valence-corrected chi connectivity index (χ4v) is 4.80. The molecule has 1 aromatic carbocycles. The lowest BCUT2D eigenvalue weighted by molar-refractivity contribution is -0.0436. The molecule has 1 aromatic heterocycles. The summed E-state index contributed by atoms with van der Waals surface area (Å²) in [6.45, 7) is 8.77. The molecule has 0 unspecified atom stereocenters. The lowest BCUT2D eigenvalue weighted by Crippen LogP contribution is -2.63. The number of carbonyl (C=O) groups is 1. The molecule has 0 saturated carbocycles. The number of aromatic nitrogens is 1. The minimum atomic E-state index is -0.458. The first kappa shape index (κ1) is 21.1. The average molecular weight is 438 g/mol. The number of piperidine rings is 2. The number of benzene rings is 1. The molecule has 7 heteroatoms. The molecule has 170 valence electrons. The summed E-state index contributed by atoms with van der Waals surface area (Å²) in [4.78, 5) is 21.3. The number of carbonyl (C=O) groups excluding carboxylic acids is 1. The minimum absolute atomic E-state index is 0.153. The Morgan fingerprint density at radius 2 is 1.91 bits per heavy atom. The van der Waals surface area contributed by atoms with Gasteiger partial charge in [0.2, 0.25) is 0 Å². The first-order chi connectivity index (χ1) is 15.4. The Balaban J connectivity index is 1.20. The van der Waals surface area contributed by atoms with Gasteiger partial charge in [0.25, 0.3) is 5.88 Å². The maximum Gasteiger partial charge on any atom is 0.410 e. The van der Waals surface area contributed by atoms with Crippen LogP contribution in [0, 0.1) is 0 Å². The fourth-order valence-electron chi connectivity index (χ4n) is 4.80. The molecule has 0 radical (unpaired) electrons. The van der Waals surface area contributed by atoms with Gasteiger partial charge in [0.1, 0.15) is 12.2 Å². The van der Waals surface area contributed by atoms with Crippen LogP contribution in [0.3, 0.4) is 0 Å². The number of ether oxygens (including phenoxy) is 3. The normalized spacial score (nSPS) is 25.0. The van der Waals surface area contributed by atoms with E-state index in [1.165, 1.54) is 5.56 Å². The zero-order valence-corrected chi connectivity index (χ0v) is 19.0. The summed E-state index contributed by atoms with van der Waals surface area (Å²) >= 11 is 0. The zero-order valence-electron chi connectivity index (χ0n) is 19.0. The van der Waals surface area contributed by atoms with Crippen molar-refractivity contribution in [3.05, 3.63) is 53.7 Å². The molecule has 7 nitrogen and oxygen atoms in total. The number of amides is 1. The van der Waals surface area contributed by atoms with Gasteiger partial charge in [-0.05, 0) is 56.9 Å². The molecule has 3 saturated heterocycles. The Morgan fingerprint density at radius 1 is 1.12 bits per heavy atom. The molecular formula is C25H31N3O4. The van der Waals surface area contributed by atoms with Gasteiger partial charge in [-0.2, -0.15) is 0 Å². The molecule has 3 fully saturated rings. The van der Waals surface area contributed by atoms with E-state index in [0.29, 0.717) is 24.3 Å². The topological polar surface area (TPSA) is 64.1 Å². The van der Waals surface area contributed by atoms with Crippen molar-refractivity contribution >= 4 is 6.09 Å². The summed E-state index contributed by atoms with van der Waals surface area (Å²) < 4.78 is 17.4. The van der Waals surface area contributed by atoms with E-state index in [4.69, 9.17) is 14.2 Å². The van der Waals surface area contributed by atoms with Crippen LogP contribution in [-0.4, -0.2) is 58.3 Å². The van der Waals surface area contributed by atoms with Gasteiger partial charge < -0.3 is 19.1 Å². The SMILES string of the molecule is CC(C)(C)OC(=O)N1C[C@@H]2CC[C@H]1CN2Cc1ccc([C@H]2COc3cccnc3O2)cc1. The summed E-state index contributed by atoms with van der Waals surface area (Å²) in [5.74, 6) is 1.24. The van der Waals surface area contributed by atoms with Crippen LogP contribution in [0.1, 0.15) is 50.8 Å². The molecule has 1 amide bonds. The smallest absolute Gasteiger partial charge is 0.410 e. The summed E-state index contributed by atoms with van der Waals surface area (Å²) in [6.07, 6.45) is 3.56. The van der Waals surface area contributed by atoms with E-state index in [0.717, 1.165) is 38.0 Å². The van der Waals surface area contributed by atoms with E-state index in [1.54, 1.807) is 6.20 Å². The second-order valence-corrected chi connectivity index (χ2v) is 9.91. The van der Waals surface area contributed by atoms with Crippen molar-refractivity contribution in [1.82, 2.24) is 14.8 Å². The first-order valence-electron chi connectivity index (χ1n) is 11.4. The van der Waals surface area contributed by atoms with Crippen LogP contribution in [0.4, 0.5) is 4.79 Å². The molecule has 32 heavy (non-hydrogen) atoms. The average Bonchev–Trinajstić information content (AvgIpc) is 2.78. The second-order valence-electron chi connectivity index (χ2n) is 9.91. The molecule has 0 N–H and O–H groups in total. The van der Waals surface area contributed by atoms with Crippen LogP contribution in [-0.2, 0) is 11.3 Å². The molecule has 4 aliphatic rings. The monoisotopic (exact) mass is 437 g/mol. The van der Waals surface area contributed by atoms with E-state index in [1.807, 2.05) is 37.8 Å². The Labute approximate surface area is 189 Å². The van der Waals surface area contributed by atoms with Crippen molar-refractivity contribution in [1.29, 1.82) is 0 Å². The second kappa shape index (κ2) is 8.28. The van der Waals surface area contributed by atoms with Gasteiger partial charge in [-0.3, -0.25) is 4.90 Å². The number of hydrogen-bond donors (Lipinski definition) is 0. The van der Waals surface area contributed by atoms with Crippen LogP contribution in [0.2, 0.25) is 0 Å². The molecular weight excluding hydrogens is 406 g/mol. The van der Waals surface area contributed by atoms with Crippen LogP contribution in [0.5, 0.6) is 11.6 Å². The molecule has 2 bridgehead atoms. The largest absolute Gasteiger partial charge is 0.484 e. The summed E-state index contributed by atoms with van der Waals surface area (Å²) in [6, 6.07) is 12.9. The lowest BCUT2D eigenvalue weighted by atomic mass is 9.90. The first-order valence-corrected chi connectivity index (χ1v) is 11.4. The van der Waals surface area contributed by atoms with Crippen molar-refractivity contribution in [2.75, 3.05) is 19.7 Å². The van der Waals surface area contributed by atoms with Crippen molar-refractivity contribution in [3.8, 4) is 11.6 Å². The maximum absolute atomic E-state index is 12.6. The Morgan fingerprint density at radius 3 is 2.62 bits per heavy atom. The fraction of sp³-hybridized carbons (Fsp3) is 0.520. The quantitative estimate of drug-likeness (QED) is 0.718. The van der Waals surface area contributed by atoms with E-state index in [9.17, 15) is 4.79 Å². The van der Waals surface area contributed by atoms with Gasteiger partial charge in [0.15, 0.2) is 11.9 Å². The van der Waals surface area contributed by atoms with Crippen LogP contribution in [0.15, 0.2) is 42.6 Å². The summed E-state index contributed by atoms with van der Waals surface area (Å²) in [5, 5.41) is 0. The van der Waals surface area contributed by atoms with Crippen molar-refractivity contribution < 1.29 is 19.0 Å². The number of hydrogen-bond acceptors (Lipinski definition) is 6. The summed E-state index contributed by atoms with van der Waals surface area (Å²) in [5.41, 5.74) is 1.89. The Kier molecular flexibility index (Phi) is 5.45. The van der Waals surface area contributed by atoms with Gasteiger partial charge in [-0.1, -0.05) is 24.3 Å². The van der Waals surface area contributed by atoms with E-state index in [2.05, 4.69) is 34.1 Å². The molecule has 6 rings (SSSR count). The highest BCUT2D eigenvalue weighted by Gasteiger charge is 2.42. The third-order valence-electron chi connectivity index (χ3n) is 6.39. The van der Waals surface area contributed by atoms with Crippen LogP contribution in [0.25, 0.3) is 0 Å².